The summed E-state index contributed by atoms with van der Waals surface area (Å²) < 4.78 is 27.1. The van der Waals surface area contributed by atoms with E-state index >= 15 is 0 Å². The van der Waals surface area contributed by atoms with E-state index in [0.717, 1.165) is 10.9 Å². The molecule has 3 aromatic rings. The summed E-state index contributed by atoms with van der Waals surface area (Å²) in [7, 11) is 0. The molecule has 0 radical (unpaired) electrons. The molecule has 0 bridgehead atoms. The van der Waals surface area contributed by atoms with Gasteiger partial charge in [0.2, 0.25) is 0 Å². The van der Waals surface area contributed by atoms with Crippen molar-refractivity contribution in [1.29, 1.82) is 0 Å². The third-order valence-corrected chi connectivity index (χ3v) is 2.88. The number of hydrogen-bond acceptors (Lipinski definition) is 4. The number of hydrogen-bond donors (Lipinski definition) is 0. The first-order valence-corrected chi connectivity index (χ1v) is 5.79. The van der Waals surface area contributed by atoms with Crippen LogP contribution in [0.3, 0.4) is 0 Å². The summed E-state index contributed by atoms with van der Waals surface area (Å²) in [6.07, 6.45) is 2.40. The summed E-state index contributed by atoms with van der Waals surface area (Å²) in [6, 6.07) is 6.72. The summed E-state index contributed by atoms with van der Waals surface area (Å²) in [5.74, 6) is 0.0479. The van der Waals surface area contributed by atoms with Crippen molar-refractivity contribution in [3.63, 3.8) is 0 Å². The first-order chi connectivity index (χ1) is 9.66. The molecule has 0 spiro atoms. The van der Waals surface area contributed by atoms with Gasteiger partial charge in [-0.25, -0.2) is 9.67 Å². The van der Waals surface area contributed by atoms with E-state index < -0.39 is 6.55 Å². The van der Waals surface area contributed by atoms with Gasteiger partial charge in [-0.1, -0.05) is 17.3 Å². The molecule has 0 unspecified atom stereocenters. The third-order valence-electron chi connectivity index (χ3n) is 2.88. The Balaban J connectivity index is 2.05. The van der Waals surface area contributed by atoms with Crippen LogP contribution in [-0.4, -0.2) is 24.5 Å². The number of fused-ring (bicyclic) bond motifs is 1. The minimum Gasteiger partial charge on any atom is -0.276 e. The predicted molar refractivity (Wildman–Crippen MR) is 66.4 cm³/mol. The maximum absolute atomic E-state index is 12.7. The van der Waals surface area contributed by atoms with Crippen LogP contribution in [0.2, 0.25) is 0 Å². The molecule has 0 aliphatic carbocycles. The van der Waals surface area contributed by atoms with Gasteiger partial charge in [-0.15, -0.1) is 5.10 Å². The number of nitrogens with zero attached hydrogens (tertiary/aromatic N) is 5. The Labute approximate surface area is 111 Å². The quantitative estimate of drug-likeness (QED) is 0.726. The highest BCUT2D eigenvalue weighted by Crippen LogP contribution is 2.12. The van der Waals surface area contributed by atoms with Crippen LogP contribution in [0.1, 0.15) is 12.4 Å². The number of halogens is 2. The van der Waals surface area contributed by atoms with E-state index in [-0.39, 0.29) is 17.9 Å². The van der Waals surface area contributed by atoms with Crippen LogP contribution >= 0.6 is 0 Å². The molecular formula is C12H9F2N5O. The van der Waals surface area contributed by atoms with E-state index in [1.54, 1.807) is 24.3 Å². The Hall–Kier alpha value is -2.64. The number of rotatable bonds is 3. The second-order valence-corrected chi connectivity index (χ2v) is 4.10. The number of alkyl halides is 2. The van der Waals surface area contributed by atoms with Gasteiger partial charge in [0.05, 0.1) is 5.39 Å². The molecule has 0 atom stereocenters. The number of benzene rings is 1. The molecule has 0 saturated carbocycles. The van der Waals surface area contributed by atoms with Crippen molar-refractivity contribution >= 4 is 10.9 Å². The van der Waals surface area contributed by atoms with Gasteiger partial charge in [-0.05, 0) is 12.1 Å². The molecule has 0 N–H and O–H groups in total. The lowest BCUT2D eigenvalue weighted by atomic mass is 10.2. The van der Waals surface area contributed by atoms with Gasteiger partial charge in [-0.2, -0.15) is 8.78 Å². The molecule has 8 heteroatoms. The van der Waals surface area contributed by atoms with Crippen LogP contribution in [0, 0.1) is 0 Å². The van der Waals surface area contributed by atoms with Crippen LogP contribution in [0.4, 0.5) is 8.78 Å². The van der Waals surface area contributed by atoms with Crippen LogP contribution in [-0.2, 0) is 6.54 Å². The van der Waals surface area contributed by atoms with Gasteiger partial charge in [0.1, 0.15) is 17.9 Å². The average Bonchev–Trinajstić information content (AvgIpc) is 2.91. The van der Waals surface area contributed by atoms with E-state index in [0.29, 0.717) is 15.5 Å². The van der Waals surface area contributed by atoms with Gasteiger partial charge in [0.25, 0.3) is 5.56 Å². The second-order valence-electron chi connectivity index (χ2n) is 4.10. The molecule has 6 nitrogen and oxygen atoms in total. The standard InChI is InChI=1S/C12H9F2N5O/c13-12(14)18-6-5-15-10(18)7-19-11(20)8-3-1-2-4-9(8)16-17-19/h1-6,12H,7H2. The monoisotopic (exact) mass is 277 g/mol. The van der Waals surface area contributed by atoms with Gasteiger partial charge in [0.15, 0.2) is 0 Å². The summed E-state index contributed by atoms with van der Waals surface area (Å²) in [4.78, 5) is 16.0. The first-order valence-electron chi connectivity index (χ1n) is 5.79. The first kappa shape index (κ1) is 12.4. The molecule has 0 saturated heterocycles. The van der Waals surface area contributed by atoms with Crippen LogP contribution < -0.4 is 5.56 Å². The van der Waals surface area contributed by atoms with Gasteiger partial charge in [-0.3, -0.25) is 9.36 Å². The van der Waals surface area contributed by atoms with E-state index in [4.69, 9.17) is 0 Å². The van der Waals surface area contributed by atoms with Crippen LogP contribution in [0.15, 0.2) is 41.5 Å². The zero-order valence-corrected chi connectivity index (χ0v) is 10.1. The maximum atomic E-state index is 12.7. The van der Waals surface area contributed by atoms with Crippen molar-refractivity contribution in [2.45, 2.75) is 13.1 Å². The molecule has 2 aromatic heterocycles. The van der Waals surface area contributed by atoms with Crippen molar-refractivity contribution < 1.29 is 8.78 Å². The zero-order valence-electron chi connectivity index (χ0n) is 10.1. The lowest BCUT2D eigenvalue weighted by molar-refractivity contribution is 0.0665. The zero-order chi connectivity index (χ0) is 14.1. The molecule has 3 rings (SSSR count). The highest BCUT2D eigenvalue weighted by molar-refractivity contribution is 5.76. The largest absolute Gasteiger partial charge is 0.319 e. The Bertz CT molecular complexity index is 811. The molecule has 1 aromatic carbocycles. The van der Waals surface area contributed by atoms with Gasteiger partial charge in [0, 0.05) is 12.4 Å². The van der Waals surface area contributed by atoms with Crippen LogP contribution in [0.25, 0.3) is 10.9 Å². The fourth-order valence-electron chi connectivity index (χ4n) is 1.90. The molecule has 0 amide bonds. The molecule has 102 valence electrons. The van der Waals surface area contributed by atoms with Crippen LogP contribution in [0.5, 0.6) is 0 Å². The molecule has 2 heterocycles. The lowest BCUT2D eigenvalue weighted by Gasteiger charge is -2.07. The highest BCUT2D eigenvalue weighted by Gasteiger charge is 2.13. The smallest absolute Gasteiger partial charge is 0.276 e. The molecule has 0 aliphatic rings. The SMILES string of the molecule is O=c1c2ccccc2nnn1Cc1nccn1C(F)F. The Morgan fingerprint density at radius 3 is 2.85 bits per heavy atom. The lowest BCUT2D eigenvalue weighted by Crippen LogP contribution is -2.26. The molecule has 0 aliphatic heterocycles. The normalized spacial score (nSPS) is 11.3. The van der Waals surface area contributed by atoms with Crippen molar-refractivity contribution in [1.82, 2.24) is 24.5 Å². The summed E-state index contributed by atoms with van der Waals surface area (Å²) in [6.45, 7) is -2.87. The van der Waals surface area contributed by atoms with E-state index in [2.05, 4.69) is 15.3 Å². The Kier molecular flexibility index (Phi) is 2.97. The van der Waals surface area contributed by atoms with Crippen molar-refractivity contribution in [2.24, 2.45) is 0 Å². The molecule has 0 fully saturated rings. The molecule has 20 heavy (non-hydrogen) atoms. The highest BCUT2D eigenvalue weighted by atomic mass is 19.3. The fourth-order valence-corrected chi connectivity index (χ4v) is 1.90. The second kappa shape index (κ2) is 4.80. The summed E-state index contributed by atoms with van der Waals surface area (Å²) in [5.41, 5.74) is 0.0744. The number of aromatic nitrogens is 5. The minimum atomic E-state index is -2.71. The fraction of sp³-hybridized carbons (Fsp3) is 0.167. The Morgan fingerprint density at radius 1 is 1.25 bits per heavy atom. The van der Waals surface area contributed by atoms with Crippen molar-refractivity contribution in [2.75, 3.05) is 0 Å². The molecular weight excluding hydrogens is 268 g/mol. The third kappa shape index (κ3) is 2.04. The summed E-state index contributed by atoms with van der Waals surface area (Å²) >= 11 is 0. The predicted octanol–water partition coefficient (Wildman–Crippen LogP) is 1.43. The Morgan fingerprint density at radius 2 is 2.05 bits per heavy atom. The van der Waals surface area contributed by atoms with Gasteiger partial charge < -0.3 is 0 Å². The topological polar surface area (TPSA) is 65.6 Å². The van der Waals surface area contributed by atoms with Crippen molar-refractivity contribution in [3.05, 3.63) is 52.8 Å². The van der Waals surface area contributed by atoms with Gasteiger partial charge >= 0.3 is 6.55 Å². The minimum absolute atomic E-state index is 0.0479. The average molecular weight is 277 g/mol. The van der Waals surface area contributed by atoms with E-state index in [1.165, 1.54) is 6.20 Å². The van der Waals surface area contributed by atoms with E-state index in [9.17, 15) is 13.6 Å². The van der Waals surface area contributed by atoms with Crippen molar-refractivity contribution in [3.8, 4) is 0 Å². The van der Waals surface area contributed by atoms with E-state index in [1.807, 2.05) is 0 Å². The number of imidazole rings is 1. The summed E-state index contributed by atoms with van der Waals surface area (Å²) in [5, 5.41) is 8.01. The maximum Gasteiger partial charge on any atom is 0.319 e.